The van der Waals surface area contributed by atoms with Gasteiger partial charge in [-0.3, -0.25) is 0 Å². The Bertz CT molecular complexity index is 334. The molecule has 0 N–H and O–H groups in total. The van der Waals surface area contributed by atoms with Crippen molar-refractivity contribution >= 4 is 0 Å². The molecule has 0 saturated heterocycles. The molecule has 0 unspecified atom stereocenters. The summed E-state index contributed by atoms with van der Waals surface area (Å²) in [6, 6.07) is 3.80. The molecule has 0 radical (unpaired) electrons. The molecule has 15 heavy (non-hydrogen) atoms. The quantitative estimate of drug-likeness (QED) is 0.729. The standard InChI is InChI=1S/C10H11F3O2/c1-7-8(10(11,12)13)4-3-5-9(7)15-6-14-2/h3-5H,6H2,1-2H3. The molecule has 0 spiro atoms. The van der Waals surface area contributed by atoms with Crippen molar-refractivity contribution in [1.82, 2.24) is 0 Å². The van der Waals surface area contributed by atoms with Gasteiger partial charge in [-0.25, -0.2) is 0 Å². The van der Waals surface area contributed by atoms with Crippen molar-refractivity contribution in [3.63, 3.8) is 0 Å². The summed E-state index contributed by atoms with van der Waals surface area (Å²) in [7, 11) is 1.41. The molecule has 0 fully saturated rings. The van der Waals surface area contributed by atoms with Gasteiger partial charge in [0, 0.05) is 12.7 Å². The van der Waals surface area contributed by atoms with Crippen molar-refractivity contribution in [3.05, 3.63) is 29.3 Å². The molecule has 1 aromatic carbocycles. The monoisotopic (exact) mass is 220 g/mol. The average molecular weight is 220 g/mol. The number of benzene rings is 1. The third-order valence-electron chi connectivity index (χ3n) is 1.92. The average Bonchev–Trinajstić information content (AvgIpc) is 2.14. The maximum atomic E-state index is 12.5. The summed E-state index contributed by atoms with van der Waals surface area (Å²) >= 11 is 0. The zero-order valence-electron chi connectivity index (χ0n) is 8.39. The van der Waals surface area contributed by atoms with E-state index in [0.29, 0.717) is 0 Å². The predicted molar refractivity (Wildman–Crippen MR) is 48.7 cm³/mol. The van der Waals surface area contributed by atoms with Gasteiger partial charge < -0.3 is 9.47 Å². The van der Waals surface area contributed by atoms with Crippen molar-refractivity contribution in [2.75, 3.05) is 13.9 Å². The molecule has 0 atom stereocenters. The van der Waals surface area contributed by atoms with Gasteiger partial charge in [0.15, 0.2) is 6.79 Å². The minimum Gasteiger partial charge on any atom is -0.467 e. The molecule has 84 valence electrons. The van der Waals surface area contributed by atoms with Gasteiger partial charge in [0.2, 0.25) is 0 Å². The second-order valence-electron chi connectivity index (χ2n) is 2.98. The largest absolute Gasteiger partial charge is 0.467 e. The molecule has 2 nitrogen and oxygen atoms in total. The summed E-state index contributed by atoms with van der Waals surface area (Å²) < 4.78 is 47.0. The summed E-state index contributed by atoms with van der Waals surface area (Å²) in [6.07, 6.45) is -4.35. The van der Waals surface area contributed by atoms with Crippen molar-refractivity contribution in [2.24, 2.45) is 0 Å². The lowest BCUT2D eigenvalue weighted by Gasteiger charge is -2.13. The predicted octanol–water partition coefficient (Wildman–Crippen LogP) is 3.00. The highest BCUT2D eigenvalue weighted by Crippen LogP contribution is 2.35. The highest BCUT2D eigenvalue weighted by atomic mass is 19.4. The van der Waals surface area contributed by atoms with Crippen LogP contribution in [-0.4, -0.2) is 13.9 Å². The number of halogens is 3. The molecule has 0 saturated carbocycles. The highest BCUT2D eigenvalue weighted by molar-refractivity contribution is 5.40. The third-order valence-corrected chi connectivity index (χ3v) is 1.92. The van der Waals surface area contributed by atoms with E-state index in [9.17, 15) is 13.2 Å². The van der Waals surface area contributed by atoms with Crippen LogP contribution in [0.5, 0.6) is 5.75 Å². The molecular formula is C10H11F3O2. The normalized spacial score (nSPS) is 11.5. The number of rotatable bonds is 3. The van der Waals surface area contributed by atoms with Crippen LogP contribution in [-0.2, 0) is 10.9 Å². The molecule has 0 aliphatic rings. The van der Waals surface area contributed by atoms with Crippen molar-refractivity contribution in [2.45, 2.75) is 13.1 Å². The topological polar surface area (TPSA) is 18.5 Å². The van der Waals surface area contributed by atoms with Crippen LogP contribution < -0.4 is 4.74 Å². The van der Waals surface area contributed by atoms with Gasteiger partial charge in [-0.05, 0) is 19.1 Å². The van der Waals surface area contributed by atoms with E-state index in [0.717, 1.165) is 6.07 Å². The fourth-order valence-electron chi connectivity index (χ4n) is 1.20. The van der Waals surface area contributed by atoms with E-state index in [-0.39, 0.29) is 18.1 Å². The SMILES string of the molecule is COCOc1cccc(C(F)(F)F)c1C. The third kappa shape index (κ3) is 2.86. The molecule has 0 aliphatic carbocycles. The Labute approximate surface area is 85.6 Å². The van der Waals surface area contributed by atoms with Gasteiger partial charge in [0.05, 0.1) is 5.56 Å². The maximum absolute atomic E-state index is 12.5. The number of alkyl halides is 3. The Morgan fingerprint density at radius 3 is 2.47 bits per heavy atom. The lowest BCUT2D eigenvalue weighted by atomic mass is 10.1. The van der Waals surface area contributed by atoms with Crippen LogP contribution in [0.4, 0.5) is 13.2 Å². The molecule has 0 aromatic heterocycles. The Kier molecular flexibility index (Phi) is 3.57. The molecule has 1 aromatic rings. The zero-order chi connectivity index (χ0) is 11.5. The van der Waals surface area contributed by atoms with E-state index in [2.05, 4.69) is 4.74 Å². The van der Waals surface area contributed by atoms with Gasteiger partial charge in [-0.15, -0.1) is 0 Å². The molecule has 5 heteroatoms. The first-order valence-electron chi connectivity index (χ1n) is 4.25. The smallest absolute Gasteiger partial charge is 0.416 e. The van der Waals surface area contributed by atoms with Crippen molar-refractivity contribution < 1.29 is 22.6 Å². The van der Waals surface area contributed by atoms with E-state index in [1.165, 1.54) is 26.2 Å². The van der Waals surface area contributed by atoms with Crippen LogP contribution in [0, 0.1) is 6.92 Å². The van der Waals surface area contributed by atoms with Crippen LogP contribution >= 0.6 is 0 Å². The first-order valence-corrected chi connectivity index (χ1v) is 4.25. The number of ether oxygens (including phenoxy) is 2. The fourth-order valence-corrected chi connectivity index (χ4v) is 1.20. The lowest BCUT2D eigenvalue weighted by molar-refractivity contribution is -0.138. The number of hydrogen-bond acceptors (Lipinski definition) is 2. The highest BCUT2D eigenvalue weighted by Gasteiger charge is 2.33. The summed E-state index contributed by atoms with van der Waals surface area (Å²) in [5.74, 6) is 0.187. The van der Waals surface area contributed by atoms with Gasteiger partial charge in [0.1, 0.15) is 5.75 Å². The Morgan fingerprint density at radius 2 is 1.93 bits per heavy atom. The fraction of sp³-hybridized carbons (Fsp3) is 0.400. The summed E-state index contributed by atoms with van der Waals surface area (Å²) in [4.78, 5) is 0. The van der Waals surface area contributed by atoms with Gasteiger partial charge >= 0.3 is 6.18 Å². The van der Waals surface area contributed by atoms with E-state index < -0.39 is 11.7 Å². The van der Waals surface area contributed by atoms with Crippen LogP contribution in [0.15, 0.2) is 18.2 Å². The Hall–Kier alpha value is -1.23. The number of methoxy groups -OCH3 is 1. The Morgan fingerprint density at radius 1 is 1.27 bits per heavy atom. The van der Waals surface area contributed by atoms with E-state index in [1.807, 2.05) is 0 Å². The molecular weight excluding hydrogens is 209 g/mol. The zero-order valence-corrected chi connectivity index (χ0v) is 8.39. The molecule has 0 bridgehead atoms. The van der Waals surface area contributed by atoms with E-state index in [1.54, 1.807) is 0 Å². The van der Waals surface area contributed by atoms with Gasteiger partial charge in [0.25, 0.3) is 0 Å². The first-order chi connectivity index (χ1) is 6.96. The van der Waals surface area contributed by atoms with Crippen molar-refractivity contribution in [1.29, 1.82) is 0 Å². The number of hydrogen-bond donors (Lipinski definition) is 0. The van der Waals surface area contributed by atoms with Crippen LogP contribution in [0.3, 0.4) is 0 Å². The molecule has 0 heterocycles. The maximum Gasteiger partial charge on any atom is 0.416 e. The second kappa shape index (κ2) is 4.53. The summed E-state index contributed by atoms with van der Waals surface area (Å²) in [5.41, 5.74) is -0.613. The van der Waals surface area contributed by atoms with Gasteiger partial charge in [-0.1, -0.05) is 6.07 Å². The molecule has 0 amide bonds. The summed E-state index contributed by atoms with van der Waals surface area (Å²) in [6.45, 7) is 1.30. The van der Waals surface area contributed by atoms with Gasteiger partial charge in [-0.2, -0.15) is 13.2 Å². The Balaban J connectivity index is 3.01. The summed E-state index contributed by atoms with van der Waals surface area (Å²) in [5, 5.41) is 0. The lowest BCUT2D eigenvalue weighted by Crippen LogP contribution is -2.09. The van der Waals surface area contributed by atoms with Crippen molar-refractivity contribution in [3.8, 4) is 5.75 Å². The minimum atomic E-state index is -4.35. The minimum absolute atomic E-state index is 0.0673. The van der Waals surface area contributed by atoms with Crippen LogP contribution in [0.1, 0.15) is 11.1 Å². The first kappa shape index (κ1) is 11.8. The van der Waals surface area contributed by atoms with E-state index in [4.69, 9.17) is 4.74 Å². The van der Waals surface area contributed by atoms with Crippen LogP contribution in [0.2, 0.25) is 0 Å². The molecule has 0 aliphatic heterocycles. The van der Waals surface area contributed by atoms with Crippen LogP contribution in [0.25, 0.3) is 0 Å². The second-order valence-corrected chi connectivity index (χ2v) is 2.98. The molecule has 1 rings (SSSR count). The van der Waals surface area contributed by atoms with E-state index >= 15 is 0 Å².